The minimum absolute atomic E-state index is 0.127. The molecule has 0 fully saturated rings. The highest BCUT2D eigenvalue weighted by atomic mass is 32.2. The Morgan fingerprint density at radius 1 is 1.20 bits per heavy atom. The molecule has 0 aliphatic rings. The molecule has 0 amide bonds. The molecule has 2 aromatic rings. The summed E-state index contributed by atoms with van der Waals surface area (Å²) in [5.41, 5.74) is 0.287. The third-order valence-corrected chi connectivity index (χ3v) is 3.76. The van der Waals surface area contributed by atoms with Crippen LogP contribution in [0.25, 0.3) is 0 Å². The van der Waals surface area contributed by atoms with Crippen LogP contribution in [-0.4, -0.2) is 19.8 Å². The minimum atomic E-state index is -3.33. The molecule has 4 nitrogen and oxygen atoms in total. The first-order valence-corrected chi connectivity index (χ1v) is 7.66. The van der Waals surface area contributed by atoms with Crippen LogP contribution in [0.5, 0.6) is 11.5 Å². The van der Waals surface area contributed by atoms with Gasteiger partial charge in [0.25, 0.3) is 0 Å². The molecule has 2 aromatic carbocycles. The second kappa shape index (κ2) is 5.60. The van der Waals surface area contributed by atoms with Gasteiger partial charge in [-0.3, -0.25) is 0 Å². The van der Waals surface area contributed by atoms with Gasteiger partial charge in [0, 0.05) is 11.8 Å². The van der Waals surface area contributed by atoms with Crippen molar-refractivity contribution in [1.82, 2.24) is 0 Å². The number of halogens is 1. The molecule has 0 aliphatic heterocycles. The third kappa shape index (κ3) is 3.34. The summed E-state index contributed by atoms with van der Waals surface area (Å²) in [7, 11) is -3.33. The molecule has 106 valence electrons. The van der Waals surface area contributed by atoms with E-state index in [1.807, 2.05) is 0 Å². The Hall–Kier alpha value is -1.92. The van der Waals surface area contributed by atoms with Crippen molar-refractivity contribution < 1.29 is 22.7 Å². The molecule has 0 saturated heterocycles. The first kappa shape index (κ1) is 14.5. The topological polar surface area (TPSA) is 63.6 Å². The van der Waals surface area contributed by atoms with Gasteiger partial charge in [-0.05, 0) is 36.4 Å². The maximum absolute atomic E-state index is 13.0. The van der Waals surface area contributed by atoms with E-state index in [9.17, 15) is 12.8 Å². The molecular weight excluding hydrogens is 283 g/mol. The molecule has 0 aliphatic carbocycles. The van der Waals surface area contributed by atoms with Gasteiger partial charge in [-0.15, -0.1) is 0 Å². The number of rotatable bonds is 4. The fourth-order valence-electron chi connectivity index (χ4n) is 1.67. The number of aliphatic hydroxyl groups excluding tert-OH is 1. The van der Waals surface area contributed by atoms with E-state index in [1.54, 1.807) is 12.1 Å². The largest absolute Gasteiger partial charge is 0.457 e. The van der Waals surface area contributed by atoms with Gasteiger partial charge in [-0.25, -0.2) is 12.8 Å². The zero-order valence-corrected chi connectivity index (χ0v) is 11.5. The number of hydrogen-bond donors (Lipinski definition) is 1. The molecule has 0 spiro atoms. The lowest BCUT2D eigenvalue weighted by Crippen LogP contribution is -1.98. The fraction of sp³-hybridized carbons (Fsp3) is 0.143. The van der Waals surface area contributed by atoms with E-state index in [-0.39, 0.29) is 22.8 Å². The van der Waals surface area contributed by atoms with Crippen molar-refractivity contribution in [3.8, 4) is 11.5 Å². The van der Waals surface area contributed by atoms with Crippen LogP contribution in [0.15, 0.2) is 47.4 Å². The van der Waals surface area contributed by atoms with Gasteiger partial charge in [0.1, 0.15) is 17.3 Å². The number of sulfone groups is 1. The molecule has 20 heavy (non-hydrogen) atoms. The van der Waals surface area contributed by atoms with E-state index < -0.39 is 15.7 Å². The van der Waals surface area contributed by atoms with Gasteiger partial charge in [-0.2, -0.15) is 0 Å². The smallest absolute Gasteiger partial charge is 0.175 e. The zero-order valence-electron chi connectivity index (χ0n) is 10.7. The number of aliphatic hydroxyl groups is 1. The van der Waals surface area contributed by atoms with Gasteiger partial charge in [-0.1, -0.05) is 6.07 Å². The second-order valence-corrected chi connectivity index (χ2v) is 6.27. The predicted octanol–water partition coefficient (Wildman–Crippen LogP) is 2.51. The molecule has 6 heteroatoms. The summed E-state index contributed by atoms with van der Waals surface area (Å²) in [6, 6.07) is 9.71. The minimum Gasteiger partial charge on any atom is -0.457 e. The maximum atomic E-state index is 13.0. The van der Waals surface area contributed by atoms with E-state index >= 15 is 0 Å². The standard InChI is InChI=1S/C14H13FO4S/c1-20(17,18)13-4-2-3-12(8-13)19-14-6-5-11(15)7-10(14)9-16/h2-8,16H,9H2,1H3. The Balaban J connectivity index is 2.36. The van der Waals surface area contributed by atoms with Gasteiger partial charge < -0.3 is 9.84 Å². The lowest BCUT2D eigenvalue weighted by Gasteiger charge is -2.10. The molecule has 0 bridgehead atoms. The van der Waals surface area contributed by atoms with Crippen LogP contribution in [-0.2, 0) is 16.4 Å². The van der Waals surface area contributed by atoms with Crippen molar-refractivity contribution in [2.75, 3.05) is 6.26 Å². The van der Waals surface area contributed by atoms with Crippen molar-refractivity contribution in [3.63, 3.8) is 0 Å². The average Bonchev–Trinajstić information content (AvgIpc) is 2.40. The van der Waals surface area contributed by atoms with Crippen LogP contribution in [0.2, 0.25) is 0 Å². The van der Waals surface area contributed by atoms with E-state index in [2.05, 4.69) is 0 Å². The molecular formula is C14H13FO4S. The van der Waals surface area contributed by atoms with E-state index in [0.717, 1.165) is 12.3 Å². The third-order valence-electron chi connectivity index (χ3n) is 2.65. The van der Waals surface area contributed by atoms with Crippen LogP contribution in [0.1, 0.15) is 5.56 Å². The molecule has 0 aromatic heterocycles. The number of benzene rings is 2. The van der Waals surface area contributed by atoms with Gasteiger partial charge in [0.15, 0.2) is 9.84 Å². The summed E-state index contributed by atoms with van der Waals surface area (Å²) in [6.45, 7) is -0.376. The number of hydrogen-bond acceptors (Lipinski definition) is 4. The Kier molecular flexibility index (Phi) is 4.06. The Bertz CT molecular complexity index is 726. The van der Waals surface area contributed by atoms with Gasteiger partial charge >= 0.3 is 0 Å². The Morgan fingerprint density at radius 3 is 2.60 bits per heavy atom. The Labute approximate surface area is 116 Å². The Morgan fingerprint density at radius 2 is 1.95 bits per heavy atom. The number of ether oxygens (including phenoxy) is 1. The highest BCUT2D eigenvalue weighted by Crippen LogP contribution is 2.27. The van der Waals surface area contributed by atoms with Gasteiger partial charge in [0.05, 0.1) is 11.5 Å². The highest BCUT2D eigenvalue weighted by Gasteiger charge is 2.10. The van der Waals surface area contributed by atoms with Crippen molar-refractivity contribution in [1.29, 1.82) is 0 Å². The van der Waals surface area contributed by atoms with Crippen LogP contribution in [0.4, 0.5) is 4.39 Å². The van der Waals surface area contributed by atoms with Crippen molar-refractivity contribution in [2.45, 2.75) is 11.5 Å². The van der Waals surface area contributed by atoms with Crippen molar-refractivity contribution in [2.24, 2.45) is 0 Å². The molecule has 0 saturated carbocycles. The first-order chi connectivity index (χ1) is 9.40. The molecule has 0 atom stereocenters. The van der Waals surface area contributed by atoms with E-state index in [0.29, 0.717) is 5.75 Å². The van der Waals surface area contributed by atoms with Crippen molar-refractivity contribution in [3.05, 3.63) is 53.8 Å². The normalized spacial score (nSPS) is 11.3. The van der Waals surface area contributed by atoms with Crippen LogP contribution < -0.4 is 4.74 Å². The summed E-state index contributed by atoms with van der Waals surface area (Å²) < 4.78 is 41.5. The highest BCUT2D eigenvalue weighted by molar-refractivity contribution is 7.90. The second-order valence-electron chi connectivity index (χ2n) is 4.26. The van der Waals surface area contributed by atoms with Crippen molar-refractivity contribution >= 4 is 9.84 Å². The predicted molar refractivity (Wildman–Crippen MR) is 71.9 cm³/mol. The fourth-order valence-corrected chi connectivity index (χ4v) is 2.32. The molecule has 0 unspecified atom stereocenters. The summed E-state index contributed by atoms with van der Waals surface area (Å²) in [6.07, 6.45) is 1.10. The van der Waals surface area contributed by atoms with Crippen LogP contribution in [0.3, 0.4) is 0 Å². The van der Waals surface area contributed by atoms with Crippen LogP contribution >= 0.6 is 0 Å². The maximum Gasteiger partial charge on any atom is 0.175 e. The molecule has 0 heterocycles. The summed E-state index contributed by atoms with van der Waals surface area (Å²) in [5, 5.41) is 9.16. The van der Waals surface area contributed by atoms with E-state index in [4.69, 9.17) is 9.84 Å². The molecule has 0 radical (unpaired) electrons. The summed E-state index contributed by atoms with van der Waals surface area (Å²) in [4.78, 5) is 0.127. The summed E-state index contributed by atoms with van der Waals surface area (Å²) in [5.74, 6) is 0.0973. The molecule has 2 rings (SSSR count). The van der Waals surface area contributed by atoms with Crippen LogP contribution in [0, 0.1) is 5.82 Å². The van der Waals surface area contributed by atoms with Gasteiger partial charge in [0.2, 0.25) is 0 Å². The molecule has 1 N–H and O–H groups in total. The first-order valence-electron chi connectivity index (χ1n) is 5.77. The quantitative estimate of drug-likeness (QED) is 0.941. The monoisotopic (exact) mass is 296 g/mol. The lowest BCUT2D eigenvalue weighted by molar-refractivity contribution is 0.275. The lowest BCUT2D eigenvalue weighted by atomic mass is 10.2. The summed E-state index contributed by atoms with van der Waals surface area (Å²) >= 11 is 0. The van der Waals surface area contributed by atoms with E-state index in [1.165, 1.54) is 24.3 Å². The zero-order chi connectivity index (χ0) is 14.8. The average molecular weight is 296 g/mol. The SMILES string of the molecule is CS(=O)(=O)c1cccc(Oc2ccc(F)cc2CO)c1.